The van der Waals surface area contributed by atoms with E-state index in [1.807, 2.05) is 0 Å². The van der Waals surface area contributed by atoms with Gasteiger partial charge in [-0.05, 0) is 43.3 Å². The Hall–Kier alpha value is -0.640. The molecule has 0 heterocycles. The van der Waals surface area contributed by atoms with E-state index < -0.39 is 6.10 Å². The van der Waals surface area contributed by atoms with Crippen molar-refractivity contribution in [1.82, 2.24) is 4.90 Å². The largest absolute Gasteiger partial charge is 0.393 e. The lowest BCUT2D eigenvalue weighted by Gasteiger charge is -2.20. The zero-order chi connectivity index (χ0) is 13.5. The molecule has 0 aliphatic carbocycles. The molecule has 0 aliphatic rings. The molecule has 0 aromatic heterocycles. The molecule has 0 aliphatic heterocycles. The van der Waals surface area contributed by atoms with E-state index in [1.165, 1.54) is 12.1 Å². The first-order valence-corrected chi connectivity index (χ1v) is 6.79. The van der Waals surface area contributed by atoms with E-state index in [0.29, 0.717) is 23.4 Å². The normalized spacial score (nSPS) is 13.0. The Balaban J connectivity index is 2.48. The molecular weight excluding hydrogens is 253 g/mol. The minimum absolute atomic E-state index is 0.304. The smallest absolute Gasteiger partial charge is 0.126 e. The van der Waals surface area contributed by atoms with Gasteiger partial charge in [-0.2, -0.15) is 0 Å². The second-order valence-corrected chi connectivity index (χ2v) is 4.85. The van der Waals surface area contributed by atoms with Gasteiger partial charge in [0.1, 0.15) is 5.82 Å². The fourth-order valence-corrected chi connectivity index (χ4v) is 2.12. The first kappa shape index (κ1) is 15.4. The molecule has 4 heteroatoms. The maximum atomic E-state index is 13.5. The monoisotopic (exact) mass is 273 g/mol. The maximum Gasteiger partial charge on any atom is 0.126 e. The molecule has 0 radical (unpaired) electrons. The minimum Gasteiger partial charge on any atom is -0.393 e. The average molecular weight is 274 g/mol. The topological polar surface area (TPSA) is 23.5 Å². The Morgan fingerprint density at radius 2 is 2.00 bits per heavy atom. The summed E-state index contributed by atoms with van der Waals surface area (Å²) in [7, 11) is 0. The fourth-order valence-electron chi connectivity index (χ4n) is 1.93. The SMILES string of the molecule is CCN(CC)CCC(O)Cc1cc(Cl)ccc1F. The number of rotatable bonds is 7. The Kier molecular flexibility index (Phi) is 6.61. The summed E-state index contributed by atoms with van der Waals surface area (Å²) in [6, 6.07) is 4.44. The molecule has 0 saturated carbocycles. The van der Waals surface area contributed by atoms with E-state index in [2.05, 4.69) is 18.7 Å². The maximum absolute atomic E-state index is 13.5. The molecule has 0 spiro atoms. The third-order valence-electron chi connectivity index (χ3n) is 3.14. The number of nitrogens with zero attached hydrogens (tertiary/aromatic N) is 1. The van der Waals surface area contributed by atoms with Crippen LogP contribution in [0.1, 0.15) is 25.8 Å². The number of benzene rings is 1. The Labute approximate surface area is 113 Å². The van der Waals surface area contributed by atoms with E-state index in [-0.39, 0.29) is 5.82 Å². The van der Waals surface area contributed by atoms with Gasteiger partial charge in [0.15, 0.2) is 0 Å². The second kappa shape index (κ2) is 7.72. The van der Waals surface area contributed by atoms with Crippen LogP contribution in [0.3, 0.4) is 0 Å². The number of aliphatic hydroxyl groups excluding tert-OH is 1. The van der Waals surface area contributed by atoms with Crippen molar-refractivity contribution in [3.63, 3.8) is 0 Å². The average Bonchev–Trinajstić information content (AvgIpc) is 2.35. The summed E-state index contributed by atoms with van der Waals surface area (Å²) in [5, 5.41) is 10.4. The van der Waals surface area contributed by atoms with Gasteiger partial charge in [0.05, 0.1) is 6.10 Å². The summed E-state index contributed by atoms with van der Waals surface area (Å²) in [5.41, 5.74) is 0.481. The lowest BCUT2D eigenvalue weighted by atomic mass is 10.0. The summed E-state index contributed by atoms with van der Waals surface area (Å²) in [6.07, 6.45) is 0.431. The van der Waals surface area contributed by atoms with Crippen LogP contribution in [0.2, 0.25) is 5.02 Å². The standard InChI is InChI=1S/C14H21ClFNO/c1-3-17(4-2)8-7-13(18)10-11-9-12(15)5-6-14(11)16/h5-6,9,13,18H,3-4,7-8,10H2,1-2H3. The molecule has 0 amide bonds. The molecule has 1 aromatic rings. The molecule has 0 saturated heterocycles. The summed E-state index contributed by atoms with van der Waals surface area (Å²) in [6.45, 7) is 6.94. The zero-order valence-electron chi connectivity index (χ0n) is 11.0. The van der Waals surface area contributed by atoms with Crippen LogP contribution in [-0.4, -0.2) is 35.7 Å². The lowest BCUT2D eigenvalue weighted by molar-refractivity contribution is 0.143. The highest BCUT2D eigenvalue weighted by atomic mass is 35.5. The molecule has 2 nitrogen and oxygen atoms in total. The van der Waals surface area contributed by atoms with Crippen molar-refractivity contribution in [1.29, 1.82) is 0 Å². The van der Waals surface area contributed by atoms with Crippen molar-refractivity contribution in [3.8, 4) is 0 Å². The third-order valence-corrected chi connectivity index (χ3v) is 3.37. The van der Waals surface area contributed by atoms with Crippen molar-refractivity contribution < 1.29 is 9.50 Å². The van der Waals surface area contributed by atoms with Crippen molar-refractivity contribution >= 4 is 11.6 Å². The number of hydrogen-bond donors (Lipinski definition) is 1. The van der Waals surface area contributed by atoms with Crippen LogP contribution in [0.15, 0.2) is 18.2 Å². The predicted molar refractivity (Wildman–Crippen MR) is 73.5 cm³/mol. The van der Waals surface area contributed by atoms with Gasteiger partial charge in [-0.3, -0.25) is 0 Å². The highest BCUT2D eigenvalue weighted by Crippen LogP contribution is 2.17. The molecule has 18 heavy (non-hydrogen) atoms. The van der Waals surface area contributed by atoms with Crippen LogP contribution < -0.4 is 0 Å². The first-order chi connectivity index (χ1) is 8.56. The van der Waals surface area contributed by atoms with Gasteiger partial charge in [0.25, 0.3) is 0 Å². The van der Waals surface area contributed by atoms with Crippen LogP contribution in [0.4, 0.5) is 4.39 Å². The van der Waals surface area contributed by atoms with E-state index in [0.717, 1.165) is 19.6 Å². The zero-order valence-corrected chi connectivity index (χ0v) is 11.8. The molecular formula is C14H21ClFNO. The quantitative estimate of drug-likeness (QED) is 0.825. The summed E-state index contributed by atoms with van der Waals surface area (Å²) in [5.74, 6) is -0.304. The van der Waals surface area contributed by atoms with Crippen LogP contribution in [0.25, 0.3) is 0 Å². The van der Waals surface area contributed by atoms with E-state index >= 15 is 0 Å². The van der Waals surface area contributed by atoms with E-state index in [1.54, 1.807) is 6.07 Å². The molecule has 102 valence electrons. The van der Waals surface area contributed by atoms with Gasteiger partial charge in [0.2, 0.25) is 0 Å². The van der Waals surface area contributed by atoms with E-state index in [4.69, 9.17) is 11.6 Å². The Morgan fingerprint density at radius 3 is 2.61 bits per heavy atom. The molecule has 0 bridgehead atoms. The minimum atomic E-state index is -0.529. The number of halogens is 2. The summed E-state index contributed by atoms with van der Waals surface area (Å²) in [4.78, 5) is 2.23. The fraction of sp³-hybridized carbons (Fsp3) is 0.571. The van der Waals surface area contributed by atoms with Crippen LogP contribution in [0, 0.1) is 5.82 Å². The Bertz CT molecular complexity index is 369. The van der Waals surface area contributed by atoms with Gasteiger partial charge in [-0.1, -0.05) is 25.4 Å². The van der Waals surface area contributed by atoms with Gasteiger partial charge >= 0.3 is 0 Å². The molecule has 1 N–H and O–H groups in total. The number of aliphatic hydroxyl groups is 1. The Morgan fingerprint density at radius 1 is 1.33 bits per heavy atom. The van der Waals surface area contributed by atoms with Crippen LogP contribution in [0.5, 0.6) is 0 Å². The molecule has 0 fully saturated rings. The van der Waals surface area contributed by atoms with Crippen molar-refractivity contribution in [2.45, 2.75) is 32.8 Å². The van der Waals surface area contributed by atoms with Crippen LogP contribution in [-0.2, 0) is 6.42 Å². The van der Waals surface area contributed by atoms with Crippen molar-refractivity contribution in [2.75, 3.05) is 19.6 Å². The first-order valence-electron chi connectivity index (χ1n) is 6.41. The summed E-state index contributed by atoms with van der Waals surface area (Å²) >= 11 is 5.82. The van der Waals surface area contributed by atoms with Crippen molar-refractivity contribution in [2.24, 2.45) is 0 Å². The van der Waals surface area contributed by atoms with Gasteiger partial charge in [0, 0.05) is 18.0 Å². The van der Waals surface area contributed by atoms with E-state index in [9.17, 15) is 9.50 Å². The molecule has 1 atom stereocenters. The second-order valence-electron chi connectivity index (χ2n) is 4.41. The van der Waals surface area contributed by atoms with Gasteiger partial charge < -0.3 is 10.0 Å². The molecule has 1 rings (SSSR count). The van der Waals surface area contributed by atoms with Gasteiger partial charge in [-0.15, -0.1) is 0 Å². The van der Waals surface area contributed by atoms with Crippen molar-refractivity contribution in [3.05, 3.63) is 34.6 Å². The number of hydrogen-bond acceptors (Lipinski definition) is 2. The molecule has 1 unspecified atom stereocenters. The van der Waals surface area contributed by atoms with Crippen LogP contribution >= 0.6 is 11.6 Å². The summed E-state index contributed by atoms with van der Waals surface area (Å²) < 4.78 is 13.5. The highest BCUT2D eigenvalue weighted by Gasteiger charge is 2.11. The third kappa shape index (κ3) is 4.92. The predicted octanol–water partition coefficient (Wildman–Crippen LogP) is 3.11. The highest BCUT2D eigenvalue weighted by molar-refractivity contribution is 6.30. The lowest BCUT2D eigenvalue weighted by Crippen LogP contribution is -2.27. The molecule has 1 aromatic carbocycles. The van der Waals surface area contributed by atoms with Gasteiger partial charge in [-0.25, -0.2) is 4.39 Å².